The zero-order chi connectivity index (χ0) is 13.6. The highest BCUT2D eigenvalue weighted by Gasteiger charge is 2.67. The van der Waals surface area contributed by atoms with Crippen LogP contribution in [0.2, 0.25) is 0 Å². The number of benzene rings is 1. The van der Waals surface area contributed by atoms with Crippen LogP contribution in [-0.4, -0.2) is 6.61 Å². The van der Waals surface area contributed by atoms with E-state index >= 15 is 0 Å². The van der Waals surface area contributed by atoms with Crippen LogP contribution in [0.4, 0.5) is 0 Å². The van der Waals surface area contributed by atoms with E-state index in [1.807, 2.05) is 19.1 Å². The molecule has 1 fully saturated rings. The summed E-state index contributed by atoms with van der Waals surface area (Å²) in [6.45, 7) is 11.9. The molecule has 1 unspecified atom stereocenters. The van der Waals surface area contributed by atoms with Gasteiger partial charge in [0.05, 0.1) is 12.0 Å². The molecule has 2 rings (SSSR count). The molecule has 0 bridgehead atoms. The largest absolute Gasteiger partial charge is 0.494 e. The fraction of sp³-hybridized carbons (Fsp3) is 0.625. The molecule has 0 spiro atoms. The average Bonchev–Trinajstić information content (AvgIpc) is 2.70. The molecule has 18 heavy (non-hydrogen) atoms. The molecule has 0 aliphatic heterocycles. The summed E-state index contributed by atoms with van der Waals surface area (Å²) in [5.41, 5.74) is 1.83. The Kier molecular flexibility index (Phi) is 3.40. The van der Waals surface area contributed by atoms with Gasteiger partial charge in [0.25, 0.3) is 0 Å². The zero-order valence-electron chi connectivity index (χ0n) is 12.0. The van der Waals surface area contributed by atoms with E-state index in [4.69, 9.17) is 16.3 Å². The lowest BCUT2D eigenvalue weighted by Crippen LogP contribution is -2.00. The quantitative estimate of drug-likeness (QED) is 0.693. The highest BCUT2D eigenvalue weighted by atomic mass is 35.5. The van der Waals surface area contributed by atoms with Gasteiger partial charge >= 0.3 is 0 Å². The van der Waals surface area contributed by atoms with Crippen LogP contribution in [0.3, 0.4) is 0 Å². The van der Waals surface area contributed by atoms with E-state index in [0.717, 1.165) is 5.75 Å². The molecule has 1 nitrogen and oxygen atoms in total. The van der Waals surface area contributed by atoms with Gasteiger partial charge in [-0.3, -0.25) is 0 Å². The minimum atomic E-state index is 0.0886. The van der Waals surface area contributed by atoms with Gasteiger partial charge in [-0.2, -0.15) is 0 Å². The fourth-order valence-electron chi connectivity index (χ4n) is 3.09. The Morgan fingerprint density at radius 1 is 1.11 bits per heavy atom. The van der Waals surface area contributed by atoms with Gasteiger partial charge in [-0.15, -0.1) is 11.6 Å². The van der Waals surface area contributed by atoms with Crippen molar-refractivity contribution in [2.75, 3.05) is 6.61 Å². The predicted octanol–water partition coefficient (Wildman–Crippen LogP) is 5.05. The Bertz CT molecular complexity index is 405. The van der Waals surface area contributed by atoms with Crippen molar-refractivity contribution in [1.82, 2.24) is 0 Å². The van der Waals surface area contributed by atoms with Gasteiger partial charge in [0.2, 0.25) is 0 Å². The maximum absolute atomic E-state index is 6.66. The van der Waals surface area contributed by atoms with Crippen molar-refractivity contribution in [3.05, 3.63) is 29.8 Å². The van der Waals surface area contributed by atoms with E-state index in [-0.39, 0.29) is 5.38 Å². The van der Waals surface area contributed by atoms with E-state index < -0.39 is 0 Å². The molecule has 100 valence electrons. The second-order valence-corrected chi connectivity index (χ2v) is 6.80. The van der Waals surface area contributed by atoms with E-state index in [0.29, 0.717) is 23.4 Å². The van der Waals surface area contributed by atoms with E-state index in [1.165, 1.54) is 5.56 Å². The summed E-state index contributed by atoms with van der Waals surface area (Å²) in [5.74, 6) is 1.45. The minimum absolute atomic E-state index is 0.0886. The van der Waals surface area contributed by atoms with Crippen LogP contribution in [0.1, 0.15) is 45.6 Å². The summed E-state index contributed by atoms with van der Waals surface area (Å²) >= 11 is 6.66. The fourth-order valence-corrected chi connectivity index (χ4v) is 3.86. The monoisotopic (exact) mass is 266 g/mol. The van der Waals surface area contributed by atoms with Crippen LogP contribution >= 0.6 is 11.6 Å². The second-order valence-electron chi connectivity index (χ2n) is 6.32. The first-order valence-electron chi connectivity index (χ1n) is 6.69. The van der Waals surface area contributed by atoms with Crippen molar-refractivity contribution in [2.45, 2.75) is 40.0 Å². The summed E-state index contributed by atoms with van der Waals surface area (Å²) in [6.07, 6.45) is 0. The van der Waals surface area contributed by atoms with E-state index in [1.54, 1.807) is 0 Å². The van der Waals surface area contributed by atoms with Crippen LogP contribution in [0.15, 0.2) is 24.3 Å². The Morgan fingerprint density at radius 3 is 2.00 bits per heavy atom. The molecular weight excluding hydrogens is 244 g/mol. The third kappa shape index (κ3) is 2.03. The van der Waals surface area contributed by atoms with Gasteiger partial charge in [0.1, 0.15) is 5.75 Å². The standard InChI is InChI=1S/C16H23ClO/c1-6-18-12-9-7-11(8-10-12)13(17)14-15(2,3)16(14,4)5/h7-10,13-14H,6H2,1-5H3. The van der Waals surface area contributed by atoms with Gasteiger partial charge in [-0.25, -0.2) is 0 Å². The second kappa shape index (κ2) is 4.45. The van der Waals surface area contributed by atoms with Gasteiger partial charge in [0, 0.05) is 0 Å². The van der Waals surface area contributed by atoms with Gasteiger partial charge in [-0.1, -0.05) is 39.8 Å². The molecule has 1 aliphatic carbocycles. The highest BCUT2D eigenvalue weighted by molar-refractivity contribution is 6.21. The summed E-state index contributed by atoms with van der Waals surface area (Å²) < 4.78 is 5.46. The van der Waals surface area contributed by atoms with Gasteiger partial charge in [0.15, 0.2) is 0 Å². The predicted molar refractivity (Wildman–Crippen MR) is 77.3 cm³/mol. The first kappa shape index (κ1) is 13.7. The van der Waals surface area contributed by atoms with E-state index in [2.05, 4.69) is 39.8 Å². The van der Waals surface area contributed by atoms with Crippen LogP contribution in [0.25, 0.3) is 0 Å². The molecular formula is C16H23ClO. The lowest BCUT2D eigenvalue weighted by atomic mass is 10.0. The van der Waals surface area contributed by atoms with Crippen molar-refractivity contribution >= 4 is 11.6 Å². The average molecular weight is 267 g/mol. The number of hydrogen-bond donors (Lipinski definition) is 0. The molecule has 0 N–H and O–H groups in total. The molecule has 1 aromatic carbocycles. The van der Waals surface area contributed by atoms with Crippen molar-refractivity contribution in [1.29, 1.82) is 0 Å². The maximum atomic E-state index is 6.66. The third-order valence-corrected chi connectivity index (χ3v) is 5.44. The van der Waals surface area contributed by atoms with Crippen LogP contribution in [0, 0.1) is 16.7 Å². The maximum Gasteiger partial charge on any atom is 0.119 e. The zero-order valence-corrected chi connectivity index (χ0v) is 12.7. The summed E-state index contributed by atoms with van der Waals surface area (Å²) in [7, 11) is 0. The van der Waals surface area contributed by atoms with Crippen molar-refractivity contribution < 1.29 is 4.74 Å². The number of halogens is 1. The molecule has 0 amide bonds. The first-order valence-corrected chi connectivity index (χ1v) is 7.13. The van der Waals surface area contributed by atoms with Crippen LogP contribution in [0.5, 0.6) is 5.75 Å². The molecule has 0 radical (unpaired) electrons. The number of ether oxygens (including phenoxy) is 1. The Labute approximate surface area is 115 Å². The molecule has 0 heterocycles. The molecule has 0 saturated heterocycles. The topological polar surface area (TPSA) is 9.23 Å². The molecule has 0 aromatic heterocycles. The summed E-state index contributed by atoms with van der Waals surface area (Å²) in [5, 5.41) is 0.0886. The molecule has 1 aromatic rings. The molecule has 1 aliphatic rings. The van der Waals surface area contributed by atoms with Crippen molar-refractivity contribution in [3.63, 3.8) is 0 Å². The first-order chi connectivity index (χ1) is 8.32. The van der Waals surface area contributed by atoms with Gasteiger partial charge in [-0.05, 0) is 41.4 Å². The third-order valence-electron chi connectivity index (χ3n) is 4.93. The van der Waals surface area contributed by atoms with E-state index in [9.17, 15) is 0 Å². The van der Waals surface area contributed by atoms with Crippen molar-refractivity contribution in [3.8, 4) is 5.75 Å². The minimum Gasteiger partial charge on any atom is -0.494 e. The van der Waals surface area contributed by atoms with Crippen LogP contribution < -0.4 is 4.74 Å². The SMILES string of the molecule is CCOc1ccc(C(Cl)C2C(C)(C)C2(C)C)cc1. The summed E-state index contributed by atoms with van der Waals surface area (Å²) in [6, 6.07) is 8.20. The smallest absolute Gasteiger partial charge is 0.119 e. The lowest BCUT2D eigenvalue weighted by Gasteiger charge is -2.13. The lowest BCUT2D eigenvalue weighted by molar-refractivity contribution is 0.340. The van der Waals surface area contributed by atoms with Crippen LogP contribution in [-0.2, 0) is 0 Å². The number of hydrogen-bond acceptors (Lipinski definition) is 1. The Hall–Kier alpha value is -0.690. The Morgan fingerprint density at radius 2 is 1.61 bits per heavy atom. The highest BCUT2D eigenvalue weighted by Crippen LogP contribution is 2.73. The molecule has 1 atom stereocenters. The van der Waals surface area contributed by atoms with Crippen molar-refractivity contribution in [2.24, 2.45) is 16.7 Å². The Balaban J connectivity index is 2.13. The molecule has 2 heteroatoms. The molecule has 1 saturated carbocycles. The normalized spacial score (nSPS) is 22.6. The van der Waals surface area contributed by atoms with Gasteiger partial charge < -0.3 is 4.74 Å². The number of alkyl halides is 1. The summed E-state index contributed by atoms with van der Waals surface area (Å²) in [4.78, 5) is 0. The number of rotatable bonds is 4.